The van der Waals surface area contributed by atoms with Crippen LogP contribution >= 0.6 is 0 Å². The molecule has 0 amide bonds. The van der Waals surface area contributed by atoms with E-state index in [1.807, 2.05) is 11.9 Å². The lowest BCUT2D eigenvalue weighted by atomic mass is 10.0. The molecule has 4 heteroatoms. The van der Waals surface area contributed by atoms with Crippen LogP contribution < -0.4 is 0 Å². The molecule has 14 heavy (non-hydrogen) atoms. The highest BCUT2D eigenvalue weighted by Gasteiger charge is 2.71. The summed E-state index contributed by atoms with van der Waals surface area (Å²) in [6.07, 6.45) is 1.29. The van der Waals surface area contributed by atoms with Crippen molar-refractivity contribution in [3.63, 3.8) is 0 Å². The van der Waals surface area contributed by atoms with Gasteiger partial charge in [-0.25, -0.2) is 8.78 Å². The summed E-state index contributed by atoms with van der Waals surface area (Å²) in [4.78, 5) is 1.91. The lowest BCUT2D eigenvalue weighted by Gasteiger charge is -2.19. The molecule has 2 unspecified atom stereocenters. The van der Waals surface area contributed by atoms with E-state index >= 15 is 0 Å². The molecule has 2 aliphatic carbocycles. The standard InChI is InChI=1S/C10H14F2N2/c1-14(3-2-13)6-7-4-8-9(5-7)10(8,11)12/h7-9H,3-6H2,1H3. The third-order valence-corrected chi connectivity index (χ3v) is 3.45. The molecule has 0 aromatic carbocycles. The first-order valence-corrected chi connectivity index (χ1v) is 4.99. The van der Waals surface area contributed by atoms with Crippen LogP contribution in [0.2, 0.25) is 0 Å². The molecule has 0 heterocycles. The molecule has 2 fully saturated rings. The Hall–Kier alpha value is -0.690. The molecule has 2 nitrogen and oxygen atoms in total. The molecule has 0 aromatic rings. The van der Waals surface area contributed by atoms with Crippen LogP contribution in [0, 0.1) is 29.1 Å². The molecule has 2 aliphatic rings. The quantitative estimate of drug-likeness (QED) is 0.649. The summed E-state index contributed by atoms with van der Waals surface area (Å²) < 4.78 is 25.7. The molecular weight excluding hydrogens is 186 g/mol. The SMILES string of the molecule is CN(CC#N)CC1CC2C(C1)C2(F)F. The lowest BCUT2D eigenvalue weighted by Crippen LogP contribution is -2.26. The molecule has 0 saturated heterocycles. The summed E-state index contributed by atoms with van der Waals surface area (Å²) >= 11 is 0. The molecule has 78 valence electrons. The fourth-order valence-electron chi connectivity index (χ4n) is 2.69. The van der Waals surface area contributed by atoms with Crippen LogP contribution in [-0.4, -0.2) is 31.0 Å². The van der Waals surface area contributed by atoms with E-state index in [1.54, 1.807) is 0 Å². The number of hydrogen-bond donors (Lipinski definition) is 0. The zero-order chi connectivity index (χ0) is 10.3. The summed E-state index contributed by atoms with van der Waals surface area (Å²) in [6.45, 7) is 1.18. The van der Waals surface area contributed by atoms with E-state index in [9.17, 15) is 8.78 Å². The van der Waals surface area contributed by atoms with Crippen molar-refractivity contribution in [3.05, 3.63) is 0 Å². The van der Waals surface area contributed by atoms with Gasteiger partial charge in [-0.3, -0.25) is 4.90 Å². The van der Waals surface area contributed by atoms with Crippen molar-refractivity contribution in [2.75, 3.05) is 20.1 Å². The molecular formula is C10H14F2N2. The largest absolute Gasteiger partial charge is 0.293 e. The minimum atomic E-state index is -2.36. The van der Waals surface area contributed by atoms with Crippen molar-refractivity contribution in [1.29, 1.82) is 5.26 Å². The van der Waals surface area contributed by atoms with Crippen LogP contribution in [0.25, 0.3) is 0 Å². The second-order valence-electron chi connectivity index (χ2n) is 4.58. The molecule has 2 rings (SSSR count). The van der Waals surface area contributed by atoms with Crippen LogP contribution in [0.3, 0.4) is 0 Å². The van der Waals surface area contributed by atoms with E-state index in [4.69, 9.17) is 5.26 Å². The van der Waals surface area contributed by atoms with Crippen molar-refractivity contribution in [2.24, 2.45) is 17.8 Å². The minimum absolute atomic E-state index is 0.344. The summed E-state index contributed by atoms with van der Waals surface area (Å²) in [6, 6.07) is 2.06. The summed E-state index contributed by atoms with van der Waals surface area (Å²) in [5, 5.41) is 8.44. The first-order valence-electron chi connectivity index (χ1n) is 4.99. The highest BCUT2D eigenvalue weighted by Crippen LogP contribution is 2.65. The zero-order valence-electron chi connectivity index (χ0n) is 8.21. The third kappa shape index (κ3) is 1.50. The number of nitriles is 1. The van der Waals surface area contributed by atoms with E-state index in [0.717, 1.165) is 6.54 Å². The van der Waals surface area contributed by atoms with E-state index in [2.05, 4.69) is 6.07 Å². The van der Waals surface area contributed by atoms with Crippen LogP contribution in [0.4, 0.5) is 8.78 Å². The minimum Gasteiger partial charge on any atom is -0.293 e. The third-order valence-electron chi connectivity index (χ3n) is 3.45. The molecule has 0 radical (unpaired) electrons. The number of nitrogens with zero attached hydrogens (tertiary/aromatic N) is 2. The number of alkyl halides is 2. The number of fused-ring (bicyclic) bond motifs is 1. The van der Waals surface area contributed by atoms with Gasteiger partial charge in [0.25, 0.3) is 5.92 Å². The van der Waals surface area contributed by atoms with Crippen molar-refractivity contribution in [3.8, 4) is 6.07 Å². The maximum Gasteiger partial charge on any atom is 0.254 e. The van der Waals surface area contributed by atoms with Gasteiger partial charge in [-0.2, -0.15) is 5.26 Å². The van der Waals surface area contributed by atoms with Gasteiger partial charge in [-0.05, 0) is 25.8 Å². The molecule has 0 spiro atoms. The normalized spacial score (nSPS) is 38.1. The summed E-state index contributed by atoms with van der Waals surface area (Å²) in [5.74, 6) is -2.67. The Morgan fingerprint density at radius 1 is 1.43 bits per heavy atom. The van der Waals surface area contributed by atoms with Gasteiger partial charge >= 0.3 is 0 Å². The molecule has 0 aromatic heterocycles. The predicted molar refractivity (Wildman–Crippen MR) is 47.8 cm³/mol. The van der Waals surface area contributed by atoms with Crippen LogP contribution in [-0.2, 0) is 0 Å². The average molecular weight is 200 g/mol. The van der Waals surface area contributed by atoms with E-state index in [-0.39, 0.29) is 11.8 Å². The van der Waals surface area contributed by atoms with Crippen LogP contribution in [0.5, 0.6) is 0 Å². The highest BCUT2D eigenvalue weighted by atomic mass is 19.3. The molecule has 0 aliphatic heterocycles. The maximum absolute atomic E-state index is 12.8. The first-order chi connectivity index (χ1) is 6.55. The van der Waals surface area contributed by atoms with Crippen molar-refractivity contribution < 1.29 is 8.78 Å². The predicted octanol–water partition coefficient (Wildman–Crippen LogP) is 1.73. The second-order valence-corrected chi connectivity index (χ2v) is 4.58. The number of rotatable bonds is 3. The number of hydrogen-bond acceptors (Lipinski definition) is 2. The summed E-state index contributed by atoms with van der Waals surface area (Å²) in [7, 11) is 1.87. The van der Waals surface area contributed by atoms with Crippen LogP contribution in [0.15, 0.2) is 0 Å². The van der Waals surface area contributed by atoms with E-state index in [0.29, 0.717) is 25.3 Å². The van der Waals surface area contributed by atoms with Gasteiger partial charge in [-0.15, -0.1) is 0 Å². The van der Waals surface area contributed by atoms with Gasteiger partial charge in [0.1, 0.15) is 0 Å². The van der Waals surface area contributed by atoms with Gasteiger partial charge < -0.3 is 0 Å². The zero-order valence-corrected chi connectivity index (χ0v) is 8.21. The Morgan fingerprint density at radius 3 is 2.50 bits per heavy atom. The van der Waals surface area contributed by atoms with Gasteiger partial charge in [0.05, 0.1) is 12.6 Å². The maximum atomic E-state index is 12.8. The average Bonchev–Trinajstić information content (AvgIpc) is 2.49. The topological polar surface area (TPSA) is 27.0 Å². The Bertz CT molecular complexity index is 258. The van der Waals surface area contributed by atoms with Gasteiger partial charge in [0.2, 0.25) is 0 Å². The van der Waals surface area contributed by atoms with Gasteiger partial charge in [-0.1, -0.05) is 0 Å². The van der Waals surface area contributed by atoms with Gasteiger partial charge in [0.15, 0.2) is 0 Å². The van der Waals surface area contributed by atoms with Gasteiger partial charge in [0, 0.05) is 18.4 Å². The van der Waals surface area contributed by atoms with E-state index < -0.39 is 5.92 Å². The summed E-state index contributed by atoms with van der Waals surface area (Å²) in [5.41, 5.74) is 0. The Morgan fingerprint density at radius 2 is 2.00 bits per heavy atom. The van der Waals surface area contributed by atoms with Crippen molar-refractivity contribution in [1.82, 2.24) is 4.90 Å². The van der Waals surface area contributed by atoms with Crippen molar-refractivity contribution >= 4 is 0 Å². The monoisotopic (exact) mass is 200 g/mol. The second kappa shape index (κ2) is 3.16. The fraction of sp³-hybridized carbons (Fsp3) is 0.900. The molecule has 2 saturated carbocycles. The number of halogens is 2. The van der Waals surface area contributed by atoms with E-state index in [1.165, 1.54) is 0 Å². The Labute approximate surface area is 82.5 Å². The Kier molecular flexibility index (Phi) is 2.23. The smallest absolute Gasteiger partial charge is 0.254 e. The first kappa shape index (κ1) is 9.85. The molecule has 0 bridgehead atoms. The van der Waals surface area contributed by atoms with Crippen molar-refractivity contribution in [2.45, 2.75) is 18.8 Å². The van der Waals surface area contributed by atoms with Crippen LogP contribution in [0.1, 0.15) is 12.8 Å². The Balaban J connectivity index is 1.76. The fourth-order valence-corrected chi connectivity index (χ4v) is 2.69. The molecule has 2 atom stereocenters. The highest BCUT2D eigenvalue weighted by molar-refractivity contribution is 5.11. The lowest BCUT2D eigenvalue weighted by molar-refractivity contribution is 0.0606. The molecule has 0 N–H and O–H groups in total.